The van der Waals surface area contributed by atoms with E-state index in [4.69, 9.17) is 5.73 Å². The molecule has 0 saturated carbocycles. The van der Waals surface area contributed by atoms with Crippen molar-refractivity contribution in [2.24, 2.45) is 5.73 Å². The van der Waals surface area contributed by atoms with Crippen LogP contribution in [-0.2, 0) is 10.0 Å². The normalized spacial score (nSPS) is 18.8. The molecule has 1 fully saturated rings. The number of benzene rings is 1. The first-order chi connectivity index (χ1) is 11.5. The van der Waals surface area contributed by atoms with E-state index in [0.717, 1.165) is 19.3 Å². The van der Waals surface area contributed by atoms with Gasteiger partial charge in [0.1, 0.15) is 0 Å². The Morgan fingerprint density at radius 2 is 1.83 bits per heavy atom. The van der Waals surface area contributed by atoms with Gasteiger partial charge < -0.3 is 10.6 Å². The summed E-state index contributed by atoms with van der Waals surface area (Å²) < 4.78 is 26.4. The molecule has 0 aromatic heterocycles. The van der Waals surface area contributed by atoms with Crippen molar-refractivity contribution in [3.63, 3.8) is 0 Å². The number of hydrogen-bond donors (Lipinski definition) is 1. The lowest BCUT2D eigenvalue weighted by Crippen LogP contribution is -2.47. The van der Waals surface area contributed by atoms with E-state index in [1.165, 1.54) is 16.4 Å². The molecule has 6 nitrogen and oxygen atoms in total. The van der Waals surface area contributed by atoms with E-state index in [-0.39, 0.29) is 16.8 Å². The van der Waals surface area contributed by atoms with Gasteiger partial charge >= 0.3 is 0 Å². The van der Waals surface area contributed by atoms with E-state index in [1.807, 2.05) is 18.7 Å². The number of piperidine rings is 1. The maximum atomic E-state index is 12.7. The van der Waals surface area contributed by atoms with E-state index in [9.17, 15) is 13.2 Å². The average Bonchev–Trinajstić information content (AvgIpc) is 2.62. The zero-order valence-corrected chi connectivity index (χ0v) is 15.3. The third-order valence-corrected chi connectivity index (χ3v) is 6.67. The van der Waals surface area contributed by atoms with Gasteiger partial charge in [0.05, 0.1) is 4.90 Å². The van der Waals surface area contributed by atoms with Crippen LogP contribution in [0.1, 0.15) is 43.5 Å². The van der Waals surface area contributed by atoms with Crippen LogP contribution in [0.3, 0.4) is 0 Å². The molecular formula is C17H27N3O3S. The number of hydrogen-bond acceptors (Lipinski definition) is 4. The second kappa shape index (κ2) is 8.09. The van der Waals surface area contributed by atoms with Gasteiger partial charge in [-0.2, -0.15) is 4.31 Å². The standard InChI is InChI=1S/C17H27N3O3S/c1-3-19(4-2)24(22,23)16-10-8-14(9-11-16)17(21)20-12-6-5-7-15(20)13-18/h8-11,15H,3-7,12-13,18H2,1-2H3. The Morgan fingerprint density at radius 3 is 2.38 bits per heavy atom. The average molecular weight is 353 g/mol. The highest BCUT2D eigenvalue weighted by Gasteiger charge is 2.27. The molecule has 0 spiro atoms. The van der Waals surface area contributed by atoms with Gasteiger partial charge in [-0.15, -0.1) is 0 Å². The van der Waals surface area contributed by atoms with Crippen LogP contribution in [-0.4, -0.2) is 55.8 Å². The lowest BCUT2D eigenvalue weighted by molar-refractivity contribution is 0.0623. The van der Waals surface area contributed by atoms with Gasteiger partial charge in [-0.05, 0) is 43.5 Å². The zero-order valence-electron chi connectivity index (χ0n) is 14.4. The molecule has 0 bridgehead atoms. The lowest BCUT2D eigenvalue weighted by Gasteiger charge is -2.35. The second-order valence-corrected chi connectivity index (χ2v) is 7.94. The molecule has 1 unspecified atom stereocenters. The number of amides is 1. The number of sulfonamides is 1. The monoisotopic (exact) mass is 353 g/mol. The van der Waals surface area contributed by atoms with Gasteiger partial charge in [0.15, 0.2) is 0 Å². The Hall–Kier alpha value is -1.44. The molecule has 2 N–H and O–H groups in total. The van der Waals surface area contributed by atoms with Crippen molar-refractivity contribution in [3.05, 3.63) is 29.8 Å². The molecule has 1 amide bonds. The summed E-state index contributed by atoms with van der Waals surface area (Å²) in [6.07, 6.45) is 3.00. The molecule has 0 radical (unpaired) electrons. The van der Waals surface area contributed by atoms with Gasteiger partial charge in [-0.3, -0.25) is 4.79 Å². The molecule has 7 heteroatoms. The third kappa shape index (κ3) is 3.79. The maximum Gasteiger partial charge on any atom is 0.254 e. The topological polar surface area (TPSA) is 83.7 Å². The highest BCUT2D eigenvalue weighted by Crippen LogP contribution is 2.21. The SMILES string of the molecule is CCN(CC)S(=O)(=O)c1ccc(C(=O)N2CCCCC2CN)cc1. The molecular weight excluding hydrogens is 326 g/mol. The Bertz CT molecular complexity index is 654. The number of nitrogens with zero attached hydrogens (tertiary/aromatic N) is 2. The van der Waals surface area contributed by atoms with E-state index in [1.54, 1.807) is 12.1 Å². The fraction of sp³-hybridized carbons (Fsp3) is 0.588. The summed E-state index contributed by atoms with van der Waals surface area (Å²) in [4.78, 5) is 14.7. The van der Waals surface area contributed by atoms with E-state index in [2.05, 4.69) is 0 Å². The number of carbonyl (C=O) groups excluding carboxylic acids is 1. The summed E-state index contributed by atoms with van der Waals surface area (Å²) in [5.41, 5.74) is 6.28. The molecule has 0 aliphatic carbocycles. The fourth-order valence-electron chi connectivity index (χ4n) is 3.16. The largest absolute Gasteiger partial charge is 0.334 e. The Kier molecular flexibility index (Phi) is 6.37. The summed E-state index contributed by atoms with van der Waals surface area (Å²) in [6.45, 7) is 5.63. The lowest BCUT2D eigenvalue weighted by atomic mass is 10.0. The number of carbonyl (C=O) groups is 1. The van der Waals surface area contributed by atoms with Crippen molar-refractivity contribution >= 4 is 15.9 Å². The Balaban J connectivity index is 2.21. The van der Waals surface area contributed by atoms with E-state index >= 15 is 0 Å². The van der Waals surface area contributed by atoms with Crippen molar-refractivity contribution in [2.45, 2.75) is 44.0 Å². The number of rotatable bonds is 6. The van der Waals surface area contributed by atoms with Gasteiger partial charge in [0.25, 0.3) is 5.91 Å². The van der Waals surface area contributed by atoms with Crippen LogP contribution in [0.5, 0.6) is 0 Å². The van der Waals surface area contributed by atoms with Crippen LogP contribution < -0.4 is 5.73 Å². The van der Waals surface area contributed by atoms with Crippen LogP contribution in [0.15, 0.2) is 29.2 Å². The molecule has 134 valence electrons. The van der Waals surface area contributed by atoms with Crippen LogP contribution in [0.2, 0.25) is 0 Å². The smallest absolute Gasteiger partial charge is 0.254 e. The van der Waals surface area contributed by atoms with Crippen molar-refractivity contribution in [1.29, 1.82) is 0 Å². The van der Waals surface area contributed by atoms with Crippen LogP contribution in [0.25, 0.3) is 0 Å². The van der Waals surface area contributed by atoms with Gasteiger partial charge in [0.2, 0.25) is 10.0 Å². The molecule has 24 heavy (non-hydrogen) atoms. The van der Waals surface area contributed by atoms with Gasteiger partial charge in [-0.1, -0.05) is 13.8 Å². The quantitative estimate of drug-likeness (QED) is 0.843. The van der Waals surface area contributed by atoms with Crippen LogP contribution >= 0.6 is 0 Å². The van der Waals surface area contributed by atoms with Crippen molar-refractivity contribution < 1.29 is 13.2 Å². The number of likely N-dealkylation sites (tertiary alicyclic amines) is 1. The first kappa shape index (κ1) is 18.9. The predicted octanol–water partition coefficient (Wildman–Crippen LogP) is 1.67. The molecule has 1 aromatic carbocycles. The predicted molar refractivity (Wildman–Crippen MR) is 94.3 cm³/mol. The Labute approximate surface area is 144 Å². The molecule has 1 aliphatic heterocycles. The minimum Gasteiger partial charge on any atom is -0.334 e. The summed E-state index contributed by atoms with van der Waals surface area (Å²) >= 11 is 0. The zero-order chi connectivity index (χ0) is 17.7. The van der Waals surface area contributed by atoms with E-state index < -0.39 is 10.0 Å². The molecule has 1 atom stereocenters. The first-order valence-corrected chi connectivity index (χ1v) is 10.0. The fourth-order valence-corrected chi connectivity index (χ4v) is 4.62. The van der Waals surface area contributed by atoms with E-state index in [0.29, 0.717) is 31.7 Å². The minimum atomic E-state index is -3.50. The molecule has 1 aromatic rings. The molecule has 2 rings (SSSR count). The summed E-state index contributed by atoms with van der Waals surface area (Å²) in [5, 5.41) is 0. The van der Waals surface area contributed by atoms with Crippen LogP contribution in [0, 0.1) is 0 Å². The van der Waals surface area contributed by atoms with Crippen molar-refractivity contribution in [2.75, 3.05) is 26.2 Å². The Morgan fingerprint density at radius 1 is 1.21 bits per heavy atom. The maximum absolute atomic E-state index is 12.7. The van der Waals surface area contributed by atoms with Crippen molar-refractivity contribution in [3.8, 4) is 0 Å². The minimum absolute atomic E-state index is 0.0723. The first-order valence-electron chi connectivity index (χ1n) is 8.56. The summed E-state index contributed by atoms with van der Waals surface area (Å²) in [5.74, 6) is -0.0723. The van der Waals surface area contributed by atoms with Gasteiger partial charge in [0, 0.05) is 37.8 Å². The highest BCUT2D eigenvalue weighted by atomic mass is 32.2. The van der Waals surface area contributed by atoms with Gasteiger partial charge in [-0.25, -0.2) is 8.42 Å². The number of nitrogens with two attached hydrogens (primary N) is 1. The molecule has 1 heterocycles. The molecule has 1 saturated heterocycles. The van der Waals surface area contributed by atoms with Crippen molar-refractivity contribution in [1.82, 2.24) is 9.21 Å². The molecule has 1 aliphatic rings. The third-order valence-electron chi connectivity index (χ3n) is 4.60. The summed E-state index contributed by atoms with van der Waals surface area (Å²) in [6, 6.07) is 6.30. The summed E-state index contributed by atoms with van der Waals surface area (Å²) in [7, 11) is -3.50. The second-order valence-electron chi connectivity index (χ2n) is 6.00. The highest BCUT2D eigenvalue weighted by molar-refractivity contribution is 7.89. The van der Waals surface area contributed by atoms with Crippen LogP contribution in [0.4, 0.5) is 0 Å².